The molecule has 3 aromatic rings. The number of fused-ring (bicyclic) bond motifs is 4. The molecule has 3 atom stereocenters. The predicted octanol–water partition coefficient (Wildman–Crippen LogP) is 5.89. The van der Waals surface area contributed by atoms with Crippen LogP contribution in [0.5, 0.6) is 11.8 Å². The van der Waals surface area contributed by atoms with Crippen LogP contribution in [-0.4, -0.2) is 103 Å². The lowest BCUT2D eigenvalue weighted by Gasteiger charge is -2.43. The Kier molecular flexibility index (Phi) is 9.21. The summed E-state index contributed by atoms with van der Waals surface area (Å²) in [5.41, 5.74) is 2.65. The summed E-state index contributed by atoms with van der Waals surface area (Å²) in [7, 11) is 3.75. The third kappa shape index (κ3) is 6.69. The number of likely N-dealkylation sites (tertiary alicyclic amines) is 1. The minimum Gasteiger partial charge on any atom is -0.467 e. The minimum atomic E-state index is -0.528. The zero-order valence-electron chi connectivity index (χ0n) is 28.7. The summed E-state index contributed by atoms with van der Waals surface area (Å²) < 4.78 is 23.0. The summed E-state index contributed by atoms with van der Waals surface area (Å²) in [5, 5.41) is 2.62. The molecule has 12 heteroatoms. The highest BCUT2D eigenvalue weighted by atomic mass is 35.5. The largest absolute Gasteiger partial charge is 0.467 e. The van der Waals surface area contributed by atoms with Gasteiger partial charge in [-0.25, -0.2) is 4.79 Å². The number of amides is 1. The maximum absolute atomic E-state index is 13.2. The molecule has 48 heavy (non-hydrogen) atoms. The molecule has 0 spiro atoms. The fraction of sp³-hybridized carbons (Fsp3) is 0.583. The van der Waals surface area contributed by atoms with E-state index in [1.54, 1.807) is 7.11 Å². The van der Waals surface area contributed by atoms with Gasteiger partial charge in [0.15, 0.2) is 6.79 Å². The number of benzene rings is 2. The molecule has 1 amide bonds. The lowest BCUT2D eigenvalue weighted by atomic mass is 10.0. The third-order valence-electron chi connectivity index (χ3n) is 10.0. The van der Waals surface area contributed by atoms with Crippen molar-refractivity contribution < 1.29 is 23.7 Å². The van der Waals surface area contributed by atoms with Crippen LogP contribution >= 0.6 is 11.6 Å². The fourth-order valence-electron chi connectivity index (χ4n) is 7.77. The highest BCUT2D eigenvalue weighted by Crippen LogP contribution is 2.40. The number of nitrogens with zero attached hydrogens (tertiary/aromatic N) is 6. The van der Waals surface area contributed by atoms with Crippen molar-refractivity contribution in [3.05, 3.63) is 46.6 Å². The van der Waals surface area contributed by atoms with Crippen LogP contribution in [0.25, 0.3) is 10.8 Å². The Morgan fingerprint density at radius 1 is 1.02 bits per heavy atom. The Morgan fingerprint density at radius 2 is 1.81 bits per heavy atom. The van der Waals surface area contributed by atoms with Gasteiger partial charge in [0, 0.05) is 49.4 Å². The molecule has 0 unspecified atom stereocenters. The number of piperazine rings is 1. The van der Waals surface area contributed by atoms with E-state index in [1.165, 1.54) is 6.42 Å². The Balaban J connectivity index is 1.19. The molecule has 1 aromatic heterocycles. The van der Waals surface area contributed by atoms with E-state index in [4.69, 9.17) is 40.5 Å². The van der Waals surface area contributed by atoms with E-state index < -0.39 is 5.60 Å². The van der Waals surface area contributed by atoms with Gasteiger partial charge in [0.25, 0.3) is 0 Å². The van der Waals surface area contributed by atoms with Crippen molar-refractivity contribution >= 4 is 40.0 Å². The number of hydrogen-bond donors (Lipinski definition) is 0. The number of halogens is 1. The van der Waals surface area contributed by atoms with Crippen molar-refractivity contribution in [3.63, 3.8) is 0 Å². The first-order valence-electron chi connectivity index (χ1n) is 17.2. The van der Waals surface area contributed by atoms with Gasteiger partial charge in [0.1, 0.15) is 23.8 Å². The molecule has 4 aliphatic rings. The van der Waals surface area contributed by atoms with E-state index in [0.29, 0.717) is 49.1 Å². The summed E-state index contributed by atoms with van der Waals surface area (Å²) in [6.45, 7) is 10.4. The maximum atomic E-state index is 13.2. The highest BCUT2D eigenvalue weighted by molar-refractivity contribution is 6.37. The van der Waals surface area contributed by atoms with E-state index in [9.17, 15) is 4.79 Å². The number of likely N-dealkylation sites (N-methyl/N-ethyl adjacent to an activating group) is 1. The van der Waals surface area contributed by atoms with Crippen LogP contribution in [0.4, 0.5) is 16.3 Å². The monoisotopic (exact) mass is 678 g/mol. The lowest BCUT2D eigenvalue weighted by molar-refractivity contribution is 0.0122. The van der Waals surface area contributed by atoms with Gasteiger partial charge in [-0.3, -0.25) is 4.90 Å². The van der Waals surface area contributed by atoms with Gasteiger partial charge in [-0.2, -0.15) is 9.97 Å². The first-order valence-corrected chi connectivity index (χ1v) is 17.5. The molecule has 0 aliphatic carbocycles. The average molecular weight is 679 g/mol. The van der Waals surface area contributed by atoms with Gasteiger partial charge in [0.05, 0.1) is 29.3 Å². The molecule has 0 saturated carbocycles. The molecule has 2 bridgehead atoms. The quantitative estimate of drug-likeness (QED) is 0.269. The molecular formula is C36H47ClN6O5. The van der Waals surface area contributed by atoms with Crippen molar-refractivity contribution in [2.24, 2.45) is 0 Å². The Morgan fingerprint density at radius 3 is 2.52 bits per heavy atom. The van der Waals surface area contributed by atoms with Crippen LogP contribution in [0, 0.1) is 0 Å². The molecule has 0 N–H and O–H groups in total. The van der Waals surface area contributed by atoms with E-state index in [0.717, 1.165) is 72.3 Å². The first-order chi connectivity index (χ1) is 23.1. The molecule has 3 saturated heterocycles. The van der Waals surface area contributed by atoms with Crippen LogP contribution < -0.4 is 19.3 Å². The molecule has 258 valence electrons. The van der Waals surface area contributed by atoms with Crippen LogP contribution in [0.3, 0.4) is 0 Å². The maximum Gasteiger partial charge on any atom is 0.410 e. The number of anilines is 2. The molecular weight excluding hydrogens is 632 g/mol. The average Bonchev–Trinajstić information content (AvgIpc) is 3.59. The molecule has 0 radical (unpaired) electrons. The lowest BCUT2D eigenvalue weighted by Crippen LogP contribution is -2.57. The van der Waals surface area contributed by atoms with Crippen molar-refractivity contribution in [1.29, 1.82) is 0 Å². The topological polar surface area (TPSA) is 92.7 Å². The number of rotatable bonds is 8. The number of carbonyl (C=O) groups is 1. The number of ether oxygens (including phenoxy) is 4. The molecule has 4 aliphatic heterocycles. The second kappa shape index (κ2) is 13.4. The van der Waals surface area contributed by atoms with Gasteiger partial charge in [-0.15, -0.1) is 0 Å². The molecule has 5 heterocycles. The predicted molar refractivity (Wildman–Crippen MR) is 186 cm³/mol. The summed E-state index contributed by atoms with van der Waals surface area (Å²) in [6, 6.07) is 11.0. The van der Waals surface area contributed by atoms with Gasteiger partial charge < -0.3 is 33.6 Å². The number of aromatic nitrogens is 2. The van der Waals surface area contributed by atoms with Gasteiger partial charge in [-0.05, 0) is 90.1 Å². The zero-order valence-corrected chi connectivity index (χ0v) is 29.5. The molecule has 11 nitrogen and oxygen atoms in total. The van der Waals surface area contributed by atoms with E-state index in [-0.39, 0.29) is 25.0 Å². The highest BCUT2D eigenvalue weighted by Gasteiger charge is 2.45. The molecule has 3 fully saturated rings. The first kappa shape index (κ1) is 33.0. The minimum absolute atomic E-state index is 0.0800. The van der Waals surface area contributed by atoms with Crippen molar-refractivity contribution in [2.45, 2.75) is 83.1 Å². The number of hydrogen-bond acceptors (Lipinski definition) is 10. The third-order valence-corrected chi connectivity index (χ3v) is 10.3. The van der Waals surface area contributed by atoms with E-state index in [1.807, 2.05) is 37.8 Å². The van der Waals surface area contributed by atoms with Gasteiger partial charge in [0.2, 0.25) is 0 Å². The second-order valence-corrected chi connectivity index (χ2v) is 14.9. The summed E-state index contributed by atoms with van der Waals surface area (Å²) in [5.74, 6) is 1.61. The SMILES string of the molecule is COCOc1cc(Cl)c2c(N3CCc4c(nc(OC[C@@H]5CCCN5C)nc4N4C[C@H]5CC[C@@H](C4)N5C(=O)OC(C)(C)C)C3)cccc2c1. The van der Waals surface area contributed by atoms with Crippen molar-refractivity contribution in [2.75, 3.05) is 63.5 Å². The van der Waals surface area contributed by atoms with Crippen LogP contribution in [0.1, 0.15) is 57.7 Å². The molecule has 7 rings (SSSR count). The number of carbonyl (C=O) groups excluding carboxylic acids is 1. The summed E-state index contributed by atoms with van der Waals surface area (Å²) >= 11 is 6.89. The smallest absolute Gasteiger partial charge is 0.410 e. The normalized spacial score (nSPS) is 22.7. The Bertz CT molecular complexity index is 1650. The van der Waals surface area contributed by atoms with E-state index in [2.05, 4.69) is 39.9 Å². The fourth-order valence-corrected chi connectivity index (χ4v) is 8.09. The van der Waals surface area contributed by atoms with Gasteiger partial charge >= 0.3 is 12.1 Å². The van der Waals surface area contributed by atoms with Crippen LogP contribution in [0.15, 0.2) is 30.3 Å². The Labute approximate surface area is 288 Å². The summed E-state index contributed by atoms with van der Waals surface area (Å²) in [4.78, 5) is 32.4. The summed E-state index contributed by atoms with van der Waals surface area (Å²) in [6.07, 6.45) is 4.76. The van der Waals surface area contributed by atoms with E-state index >= 15 is 0 Å². The van der Waals surface area contributed by atoms with Crippen LogP contribution in [0.2, 0.25) is 5.02 Å². The Hall–Kier alpha value is -3.54. The second-order valence-electron chi connectivity index (χ2n) is 14.5. The molecule has 2 aromatic carbocycles. The van der Waals surface area contributed by atoms with Crippen molar-refractivity contribution in [3.8, 4) is 11.8 Å². The van der Waals surface area contributed by atoms with Crippen LogP contribution in [-0.2, 0) is 22.4 Å². The van der Waals surface area contributed by atoms with Gasteiger partial charge in [-0.1, -0.05) is 23.7 Å². The number of methoxy groups -OCH3 is 1. The zero-order chi connectivity index (χ0) is 33.6. The van der Waals surface area contributed by atoms with Crippen molar-refractivity contribution in [1.82, 2.24) is 19.8 Å². The standard InChI is InChI=1S/C36H47ClN6O5/c1-36(2,3)48-35(44)43-24-11-12-25(43)19-42(18-24)33-28-13-15-41(20-30(28)38-34(39-33)46-21-26-9-7-14-40(26)4)31-10-6-8-23-16-27(47-22-45-5)17-29(37)32(23)31/h6,8,10,16-17,24-26H,7,9,11-15,18-22H2,1-5H3/t24-,25+,26-/m0/s1.